The van der Waals surface area contributed by atoms with Crippen molar-refractivity contribution in [1.29, 1.82) is 0 Å². The van der Waals surface area contributed by atoms with Crippen molar-refractivity contribution in [2.45, 2.75) is 12.8 Å². The molecule has 1 N–H and O–H groups in total. The number of rotatable bonds is 7. The van der Waals surface area contributed by atoms with Gasteiger partial charge in [-0.3, -0.25) is 0 Å². The first-order valence-electron chi connectivity index (χ1n) is 5.64. The molecule has 0 saturated carbocycles. The normalized spacial score (nSPS) is 10.7. The predicted molar refractivity (Wildman–Crippen MR) is 67.3 cm³/mol. The van der Waals surface area contributed by atoms with Crippen LogP contribution in [-0.2, 0) is 20.8 Å². The predicted octanol–water partition coefficient (Wildman–Crippen LogP) is 1.18. The topological polar surface area (TPSA) is 56.8 Å². The van der Waals surface area contributed by atoms with Crippen molar-refractivity contribution in [3.8, 4) is 0 Å². The van der Waals surface area contributed by atoms with Gasteiger partial charge in [0.1, 0.15) is 0 Å². The first kappa shape index (κ1) is 14.6. The highest BCUT2D eigenvalue weighted by molar-refractivity contribution is 5.89. The number of nitrogens with one attached hydrogen (secondary N) is 1. The zero-order chi connectivity index (χ0) is 13.4. The number of ether oxygens (including phenoxy) is 3. The summed E-state index contributed by atoms with van der Waals surface area (Å²) >= 11 is 0. The summed E-state index contributed by atoms with van der Waals surface area (Å²) in [5.74, 6) is -0.326. The van der Waals surface area contributed by atoms with Crippen LogP contribution < -0.4 is 5.32 Å². The highest BCUT2D eigenvalue weighted by Crippen LogP contribution is 2.05. The SMILES string of the molecule is COC(=O)c1ccc(CNCC(OC)OC)cc1. The number of carbonyl (C=O) groups excluding carboxylic acids is 1. The van der Waals surface area contributed by atoms with Gasteiger partial charge in [-0.05, 0) is 17.7 Å². The number of methoxy groups -OCH3 is 3. The molecule has 1 aromatic rings. The Balaban J connectivity index is 2.42. The molecular weight excluding hydrogens is 234 g/mol. The van der Waals surface area contributed by atoms with Gasteiger partial charge in [-0.15, -0.1) is 0 Å². The molecule has 0 aliphatic heterocycles. The van der Waals surface area contributed by atoms with Gasteiger partial charge >= 0.3 is 5.97 Å². The molecule has 0 amide bonds. The lowest BCUT2D eigenvalue weighted by Gasteiger charge is -2.14. The molecule has 100 valence electrons. The molecule has 0 aliphatic rings. The minimum Gasteiger partial charge on any atom is -0.465 e. The van der Waals surface area contributed by atoms with E-state index in [2.05, 4.69) is 10.1 Å². The Morgan fingerprint density at radius 3 is 2.28 bits per heavy atom. The van der Waals surface area contributed by atoms with Crippen LogP contribution in [0.2, 0.25) is 0 Å². The highest BCUT2D eigenvalue weighted by atomic mass is 16.7. The van der Waals surface area contributed by atoms with Crippen molar-refractivity contribution >= 4 is 5.97 Å². The van der Waals surface area contributed by atoms with Crippen molar-refractivity contribution in [2.24, 2.45) is 0 Å². The van der Waals surface area contributed by atoms with Gasteiger partial charge in [0.25, 0.3) is 0 Å². The van der Waals surface area contributed by atoms with Gasteiger partial charge in [-0.25, -0.2) is 4.79 Å². The summed E-state index contributed by atoms with van der Waals surface area (Å²) in [6.07, 6.45) is -0.251. The quantitative estimate of drug-likeness (QED) is 0.584. The fourth-order valence-corrected chi connectivity index (χ4v) is 1.47. The number of benzene rings is 1. The summed E-state index contributed by atoms with van der Waals surface area (Å²) in [5, 5.41) is 3.20. The third-order valence-corrected chi connectivity index (χ3v) is 2.54. The minimum absolute atomic E-state index is 0.251. The smallest absolute Gasteiger partial charge is 0.337 e. The van der Waals surface area contributed by atoms with Crippen molar-refractivity contribution in [1.82, 2.24) is 5.32 Å². The lowest BCUT2D eigenvalue weighted by molar-refractivity contribution is -0.0989. The van der Waals surface area contributed by atoms with Crippen LogP contribution in [0, 0.1) is 0 Å². The summed E-state index contributed by atoms with van der Waals surface area (Å²) in [6.45, 7) is 1.29. The van der Waals surface area contributed by atoms with Crippen LogP contribution in [0.4, 0.5) is 0 Å². The van der Waals surface area contributed by atoms with Gasteiger partial charge in [0.05, 0.1) is 12.7 Å². The molecule has 0 bridgehead atoms. The Labute approximate surface area is 107 Å². The van der Waals surface area contributed by atoms with E-state index in [0.29, 0.717) is 18.7 Å². The maximum absolute atomic E-state index is 11.2. The van der Waals surface area contributed by atoms with Gasteiger partial charge in [0, 0.05) is 27.3 Å². The van der Waals surface area contributed by atoms with E-state index in [1.807, 2.05) is 12.1 Å². The summed E-state index contributed by atoms with van der Waals surface area (Å²) in [4.78, 5) is 11.2. The second-order valence-corrected chi connectivity index (χ2v) is 3.72. The molecule has 0 saturated heterocycles. The lowest BCUT2D eigenvalue weighted by Crippen LogP contribution is -2.29. The van der Waals surface area contributed by atoms with E-state index in [1.54, 1.807) is 26.4 Å². The van der Waals surface area contributed by atoms with Crippen molar-refractivity contribution in [3.05, 3.63) is 35.4 Å². The van der Waals surface area contributed by atoms with Crippen LogP contribution in [0.1, 0.15) is 15.9 Å². The standard InChI is InChI=1S/C13H19NO4/c1-16-12(17-2)9-14-8-10-4-6-11(7-5-10)13(15)18-3/h4-7,12,14H,8-9H2,1-3H3. The second-order valence-electron chi connectivity index (χ2n) is 3.72. The Hall–Kier alpha value is -1.43. The number of esters is 1. The molecule has 0 aromatic heterocycles. The minimum atomic E-state index is -0.326. The van der Waals surface area contributed by atoms with E-state index >= 15 is 0 Å². The first-order chi connectivity index (χ1) is 8.71. The summed E-state index contributed by atoms with van der Waals surface area (Å²) in [6, 6.07) is 7.25. The molecule has 5 nitrogen and oxygen atoms in total. The van der Waals surface area contributed by atoms with Gasteiger partial charge in [0.2, 0.25) is 0 Å². The number of hydrogen-bond acceptors (Lipinski definition) is 5. The molecule has 1 aromatic carbocycles. The molecule has 18 heavy (non-hydrogen) atoms. The Morgan fingerprint density at radius 1 is 1.17 bits per heavy atom. The Morgan fingerprint density at radius 2 is 1.78 bits per heavy atom. The average molecular weight is 253 g/mol. The van der Waals surface area contributed by atoms with Crippen molar-refractivity contribution in [3.63, 3.8) is 0 Å². The molecule has 0 heterocycles. The van der Waals surface area contributed by atoms with E-state index in [1.165, 1.54) is 7.11 Å². The van der Waals surface area contributed by atoms with Crippen molar-refractivity contribution < 1.29 is 19.0 Å². The average Bonchev–Trinajstić information content (AvgIpc) is 2.43. The number of carbonyl (C=O) groups is 1. The zero-order valence-electron chi connectivity index (χ0n) is 10.9. The van der Waals surface area contributed by atoms with E-state index in [9.17, 15) is 4.79 Å². The molecular formula is C13H19NO4. The third-order valence-electron chi connectivity index (χ3n) is 2.54. The molecule has 0 fully saturated rings. The highest BCUT2D eigenvalue weighted by Gasteiger charge is 2.05. The number of hydrogen-bond donors (Lipinski definition) is 1. The van der Waals surface area contributed by atoms with Crippen LogP contribution in [0.3, 0.4) is 0 Å². The van der Waals surface area contributed by atoms with E-state index < -0.39 is 0 Å². The summed E-state index contributed by atoms with van der Waals surface area (Å²) in [5.41, 5.74) is 1.63. The van der Waals surface area contributed by atoms with E-state index in [4.69, 9.17) is 9.47 Å². The fourth-order valence-electron chi connectivity index (χ4n) is 1.47. The molecule has 5 heteroatoms. The second kappa shape index (κ2) is 7.81. The van der Waals surface area contributed by atoms with E-state index in [0.717, 1.165) is 5.56 Å². The van der Waals surface area contributed by atoms with Crippen LogP contribution in [-0.4, -0.2) is 40.1 Å². The fraction of sp³-hybridized carbons (Fsp3) is 0.462. The van der Waals surface area contributed by atoms with Gasteiger partial charge in [-0.2, -0.15) is 0 Å². The summed E-state index contributed by atoms with van der Waals surface area (Å²) < 4.78 is 14.7. The van der Waals surface area contributed by atoms with Crippen LogP contribution in [0.25, 0.3) is 0 Å². The van der Waals surface area contributed by atoms with Crippen molar-refractivity contribution in [2.75, 3.05) is 27.9 Å². The Kier molecular flexibility index (Phi) is 6.35. The van der Waals surface area contributed by atoms with Gasteiger partial charge in [0.15, 0.2) is 6.29 Å². The molecule has 0 radical (unpaired) electrons. The van der Waals surface area contributed by atoms with Gasteiger partial charge < -0.3 is 19.5 Å². The molecule has 0 unspecified atom stereocenters. The van der Waals surface area contributed by atoms with Crippen LogP contribution in [0.5, 0.6) is 0 Å². The molecule has 1 rings (SSSR count). The third kappa shape index (κ3) is 4.44. The Bertz CT molecular complexity index is 360. The molecule has 0 atom stereocenters. The zero-order valence-corrected chi connectivity index (χ0v) is 10.9. The lowest BCUT2D eigenvalue weighted by atomic mass is 10.1. The monoisotopic (exact) mass is 253 g/mol. The van der Waals surface area contributed by atoms with Crippen LogP contribution in [0.15, 0.2) is 24.3 Å². The maximum atomic E-state index is 11.2. The molecule has 0 aliphatic carbocycles. The first-order valence-corrected chi connectivity index (χ1v) is 5.64. The van der Waals surface area contributed by atoms with E-state index in [-0.39, 0.29) is 12.3 Å². The molecule has 0 spiro atoms. The maximum Gasteiger partial charge on any atom is 0.337 e. The van der Waals surface area contributed by atoms with Gasteiger partial charge in [-0.1, -0.05) is 12.1 Å². The summed E-state index contributed by atoms with van der Waals surface area (Å²) in [7, 11) is 4.56. The van der Waals surface area contributed by atoms with Crippen LogP contribution >= 0.6 is 0 Å². The largest absolute Gasteiger partial charge is 0.465 e.